The number of nitrogens with one attached hydrogen (secondary N) is 1. The van der Waals surface area contributed by atoms with Crippen molar-refractivity contribution in [1.82, 2.24) is 5.32 Å². The topological polar surface area (TPSA) is 35.8 Å². The molecule has 0 aromatic heterocycles. The van der Waals surface area contributed by atoms with Gasteiger partial charge in [0.2, 0.25) is 0 Å². The van der Waals surface area contributed by atoms with Gasteiger partial charge in [-0.15, -0.1) is 6.42 Å². The summed E-state index contributed by atoms with van der Waals surface area (Å²) >= 11 is 0. The number of rotatable bonds is 2. The summed E-state index contributed by atoms with van der Waals surface area (Å²) < 4.78 is 0. The Bertz CT molecular complexity index is 283. The maximum atomic E-state index is 9.18. The highest BCUT2D eigenvalue weighted by Crippen LogP contribution is 2.50. The quantitative estimate of drug-likeness (QED) is 0.640. The lowest BCUT2D eigenvalue weighted by Crippen LogP contribution is -2.48. The van der Waals surface area contributed by atoms with Gasteiger partial charge in [0, 0.05) is 0 Å². The van der Waals surface area contributed by atoms with Crippen molar-refractivity contribution in [2.75, 3.05) is 6.54 Å². The van der Waals surface area contributed by atoms with Crippen molar-refractivity contribution in [2.45, 2.75) is 31.2 Å². The van der Waals surface area contributed by atoms with E-state index in [9.17, 15) is 5.26 Å². The second-order valence-electron chi connectivity index (χ2n) is 4.22. The van der Waals surface area contributed by atoms with Gasteiger partial charge < -0.3 is 0 Å². The van der Waals surface area contributed by atoms with Gasteiger partial charge in [0.25, 0.3) is 0 Å². The number of hydrogen-bond donors (Lipinski definition) is 1. The van der Waals surface area contributed by atoms with Crippen molar-refractivity contribution in [2.24, 2.45) is 11.8 Å². The molecule has 2 nitrogen and oxygen atoms in total. The molecule has 2 saturated carbocycles. The van der Waals surface area contributed by atoms with Crippen molar-refractivity contribution in [3.8, 4) is 18.4 Å². The predicted molar refractivity (Wildman–Crippen MR) is 50.6 cm³/mol. The van der Waals surface area contributed by atoms with Crippen LogP contribution in [0.4, 0.5) is 0 Å². The van der Waals surface area contributed by atoms with E-state index in [1.807, 2.05) is 0 Å². The van der Waals surface area contributed by atoms with E-state index in [1.165, 1.54) is 19.3 Å². The SMILES string of the molecule is C#CCNC1(C#N)CC2CCC1C2. The predicted octanol–water partition coefficient (Wildman–Crippen LogP) is 1.29. The first kappa shape index (κ1) is 8.60. The number of fused-ring (bicyclic) bond motifs is 2. The monoisotopic (exact) mass is 174 g/mol. The Labute approximate surface area is 79.3 Å². The summed E-state index contributed by atoms with van der Waals surface area (Å²) in [5.74, 6) is 3.88. The summed E-state index contributed by atoms with van der Waals surface area (Å²) in [5, 5.41) is 12.4. The normalized spacial score (nSPS) is 41.4. The molecule has 13 heavy (non-hydrogen) atoms. The Morgan fingerprint density at radius 2 is 2.38 bits per heavy atom. The van der Waals surface area contributed by atoms with Crippen LogP contribution in [0.15, 0.2) is 0 Å². The molecule has 2 bridgehead atoms. The molecule has 1 N–H and O–H groups in total. The summed E-state index contributed by atoms with van der Waals surface area (Å²) in [6.07, 6.45) is 9.95. The molecule has 0 aliphatic heterocycles. The molecule has 2 rings (SSSR count). The Kier molecular flexibility index (Phi) is 2.02. The molecule has 3 unspecified atom stereocenters. The number of nitriles is 1. The molecule has 2 heteroatoms. The van der Waals surface area contributed by atoms with Crippen molar-refractivity contribution in [3.63, 3.8) is 0 Å². The molecule has 68 valence electrons. The molecule has 0 amide bonds. The Hall–Kier alpha value is -0.990. The Morgan fingerprint density at radius 3 is 2.85 bits per heavy atom. The van der Waals surface area contributed by atoms with Gasteiger partial charge in [-0.25, -0.2) is 0 Å². The average molecular weight is 174 g/mol. The van der Waals surface area contributed by atoms with Crippen LogP contribution in [-0.2, 0) is 0 Å². The fourth-order valence-corrected chi connectivity index (χ4v) is 2.93. The van der Waals surface area contributed by atoms with Crippen LogP contribution >= 0.6 is 0 Å². The van der Waals surface area contributed by atoms with Crippen molar-refractivity contribution in [3.05, 3.63) is 0 Å². The van der Waals surface area contributed by atoms with Crippen LogP contribution in [0.3, 0.4) is 0 Å². The standard InChI is InChI=1S/C11H14N2/c1-2-5-13-11(8-12)7-9-3-4-10(11)6-9/h1,9-10,13H,3-7H2. The van der Waals surface area contributed by atoms with Gasteiger partial charge in [0.1, 0.15) is 5.54 Å². The highest BCUT2D eigenvalue weighted by atomic mass is 15.0. The largest absolute Gasteiger partial charge is 0.288 e. The molecule has 2 aliphatic carbocycles. The van der Waals surface area contributed by atoms with E-state index in [4.69, 9.17) is 6.42 Å². The van der Waals surface area contributed by atoms with Gasteiger partial charge in [-0.1, -0.05) is 5.92 Å². The summed E-state index contributed by atoms with van der Waals surface area (Å²) in [5.41, 5.74) is -0.282. The van der Waals surface area contributed by atoms with E-state index in [0.29, 0.717) is 12.5 Å². The molecular weight excluding hydrogens is 160 g/mol. The van der Waals surface area contributed by atoms with Crippen molar-refractivity contribution >= 4 is 0 Å². The second kappa shape index (κ2) is 3.05. The molecule has 2 fully saturated rings. The zero-order chi connectivity index (χ0) is 9.31. The summed E-state index contributed by atoms with van der Waals surface area (Å²) in [7, 11) is 0. The van der Waals surface area contributed by atoms with E-state index < -0.39 is 0 Å². The molecule has 0 spiro atoms. The maximum absolute atomic E-state index is 9.18. The van der Waals surface area contributed by atoms with Crippen molar-refractivity contribution in [1.29, 1.82) is 5.26 Å². The fraction of sp³-hybridized carbons (Fsp3) is 0.727. The summed E-state index contributed by atoms with van der Waals surface area (Å²) in [6, 6.07) is 2.44. The Balaban J connectivity index is 2.10. The van der Waals surface area contributed by atoms with E-state index in [2.05, 4.69) is 17.3 Å². The zero-order valence-corrected chi connectivity index (χ0v) is 7.71. The first-order valence-electron chi connectivity index (χ1n) is 4.90. The minimum absolute atomic E-state index is 0.282. The van der Waals surface area contributed by atoms with Crippen LogP contribution in [0.5, 0.6) is 0 Å². The number of terminal acetylenes is 1. The third-order valence-corrected chi connectivity index (χ3v) is 3.55. The van der Waals surface area contributed by atoms with Crippen molar-refractivity contribution < 1.29 is 0 Å². The van der Waals surface area contributed by atoms with Gasteiger partial charge >= 0.3 is 0 Å². The molecule has 2 aliphatic rings. The van der Waals surface area contributed by atoms with E-state index in [1.54, 1.807) is 0 Å². The van der Waals surface area contributed by atoms with E-state index >= 15 is 0 Å². The van der Waals surface area contributed by atoms with E-state index in [0.717, 1.165) is 12.3 Å². The highest BCUT2D eigenvalue weighted by molar-refractivity contribution is 5.19. The Morgan fingerprint density at radius 1 is 1.54 bits per heavy atom. The third-order valence-electron chi connectivity index (χ3n) is 3.55. The van der Waals surface area contributed by atoms with Crippen LogP contribution in [0.1, 0.15) is 25.7 Å². The summed E-state index contributed by atoms with van der Waals surface area (Å²) in [4.78, 5) is 0. The molecular formula is C11H14N2. The van der Waals surface area contributed by atoms with Crippen LogP contribution < -0.4 is 5.32 Å². The lowest BCUT2D eigenvalue weighted by molar-refractivity contribution is 0.285. The maximum Gasteiger partial charge on any atom is 0.110 e. The first-order valence-corrected chi connectivity index (χ1v) is 4.90. The van der Waals surface area contributed by atoms with Gasteiger partial charge in [-0.3, -0.25) is 5.32 Å². The lowest BCUT2D eigenvalue weighted by atomic mass is 9.82. The third kappa shape index (κ3) is 1.23. The molecule has 0 heterocycles. The van der Waals surface area contributed by atoms with Gasteiger partial charge in [0.15, 0.2) is 0 Å². The average Bonchev–Trinajstić information content (AvgIpc) is 2.74. The first-order chi connectivity index (χ1) is 6.30. The minimum atomic E-state index is -0.282. The molecule has 0 radical (unpaired) electrons. The fourth-order valence-electron chi connectivity index (χ4n) is 2.93. The number of hydrogen-bond acceptors (Lipinski definition) is 2. The lowest BCUT2D eigenvalue weighted by Gasteiger charge is -2.31. The molecule has 0 saturated heterocycles. The van der Waals surface area contributed by atoms with Gasteiger partial charge in [0.05, 0.1) is 12.6 Å². The van der Waals surface area contributed by atoms with Crippen LogP contribution in [0.2, 0.25) is 0 Å². The zero-order valence-electron chi connectivity index (χ0n) is 7.71. The molecule has 0 aromatic carbocycles. The van der Waals surface area contributed by atoms with Gasteiger partial charge in [-0.2, -0.15) is 5.26 Å². The smallest absolute Gasteiger partial charge is 0.110 e. The minimum Gasteiger partial charge on any atom is -0.288 e. The summed E-state index contributed by atoms with van der Waals surface area (Å²) in [6.45, 7) is 0.525. The molecule has 3 atom stereocenters. The van der Waals surface area contributed by atoms with Gasteiger partial charge in [-0.05, 0) is 37.5 Å². The van der Waals surface area contributed by atoms with E-state index in [-0.39, 0.29) is 5.54 Å². The molecule has 0 aromatic rings. The highest BCUT2D eigenvalue weighted by Gasteiger charge is 2.50. The van der Waals surface area contributed by atoms with Crippen LogP contribution in [-0.4, -0.2) is 12.1 Å². The van der Waals surface area contributed by atoms with Crippen LogP contribution in [0.25, 0.3) is 0 Å². The number of nitrogens with zero attached hydrogens (tertiary/aromatic N) is 1. The van der Waals surface area contributed by atoms with Crippen LogP contribution in [0, 0.1) is 35.5 Å². The second-order valence-corrected chi connectivity index (χ2v) is 4.22.